The molecule has 3 aromatic rings. The Labute approximate surface area is 178 Å². The fourth-order valence-corrected chi connectivity index (χ4v) is 7.07. The number of nitrogens with zero attached hydrogens (tertiary/aromatic N) is 3. The minimum atomic E-state index is -3.26. The average molecular weight is 452 g/mol. The average Bonchev–Trinajstić information content (AvgIpc) is 3.15. The summed E-state index contributed by atoms with van der Waals surface area (Å²) in [5.74, 6) is 0.620. The van der Waals surface area contributed by atoms with Gasteiger partial charge >= 0.3 is 0 Å². The SMILES string of the molecule is O=S(=O)(CCCSc1nc2ccccc2s1)N1CCN(c2ccc(F)cc2)CC1. The summed E-state index contributed by atoms with van der Waals surface area (Å²) in [7, 11) is -3.26. The Hall–Kier alpha value is -1.68. The molecule has 1 aliphatic heterocycles. The lowest BCUT2D eigenvalue weighted by Gasteiger charge is -2.35. The van der Waals surface area contributed by atoms with E-state index in [0.717, 1.165) is 26.0 Å². The van der Waals surface area contributed by atoms with Crippen LogP contribution >= 0.6 is 23.1 Å². The molecule has 0 N–H and O–H groups in total. The van der Waals surface area contributed by atoms with Crippen LogP contribution in [0.5, 0.6) is 0 Å². The van der Waals surface area contributed by atoms with Crippen LogP contribution in [-0.4, -0.2) is 55.4 Å². The van der Waals surface area contributed by atoms with Crippen LogP contribution in [0.3, 0.4) is 0 Å². The number of hydrogen-bond acceptors (Lipinski definition) is 6. The minimum absolute atomic E-state index is 0.154. The van der Waals surface area contributed by atoms with Gasteiger partial charge in [-0.1, -0.05) is 23.9 Å². The molecule has 0 amide bonds. The highest BCUT2D eigenvalue weighted by Gasteiger charge is 2.26. The smallest absolute Gasteiger partial charge is 0.214 e. The number of sulfonamides is 1. The summed E-state index contributed by atoms with van der Waals surface area (Å²) in [5.41, 5.74) is 1.92. The molecule has 0 unspecified atom stereocenters. The molecule has 1 saturated heterocycles. The molecule has 0 radical (unpaired) electrons. The summed E-state index contributed by atoms with van der Waals surface area (Å²) in [5, 5.41) is 0. The van der Waals surface area contributed by atoms with Crippen molar-refractivity contribution in [3.8, 4) is 0 Å². The molecule has 0 bridgehead atoms. The van der Waals surface area contributed by atoms with Gasteiger partial charge in [-0.15, -0.1) is 11.3 Å². The molecule has 1 aromatic heterocycles. The lowest BCUT2D eigenvalue weighted by atomic mass is 10.2. The van der Waals surface area contributed by atoms with Gasteiger partial charge < -0.3 is 4.90 Å². The molecule has 154 valence electrons. The predicted molar refractivity (Wildman–Crippen MR) is 119 cm³/mol. The molecule has 0 saturated carbocycles. The quantitative estimate of drug-likeness (QED) is 0.400. The summed E-state index contributed by atoms with van der Waals surface area (Å²) in [6, 6.07) is 14.3. The fourth-order valence-electron chi connectivity index (χ4n) is 3.32. The number of aromatic nitrogens is 1. The first-order valence-electron chi connectivity index (χ1n) is 9.48. The minimum Gasteiger partial charge on any atom is -0.369 e. The van der Waals surface area contributed by atoms with E-state index in [1.54, 1.807) is 39.5 Å². The number of anilines is 1. The second-order valence-electron chi connectivity index (χ2n) is 6.83. The third-order valence-corrected chi connectivity index (χ3v) is 9.09. The van der Waals surface area contributed by atoms with E-state index in [9.17, 15) is 12.8 Å². The van der Waals surface area contributed by atoms with Crippen LogP contribution in [0.4, 0.5) is 10.1 Å². The summed E-state index contributed by atoms with van der Waals surface area (Å²) in [6.07, 6.45) is 0.598. The first-order chi connectivity index (χ1) is 14.0. The number of piperazine rings is 1. The van der Waals surface area contributed by atoms with Crippen LogP contribution in [0.25, 0.3) is 10.2 Å². The highest BCUT2D eigenvalue weighted by Crippen LogP contribution is 2.29. The van der Waals surface area contributed by atoms with E-state index in [0.29, 0.717) is 32.6 Å². The van der Waals surface area contributed by atoms with Crippen LogP contribution < -0.4 is 4.90 Å². The van der Waals surface area contributed by atoms with Gasteiger partial charge in [-0.2, -0.15) is 4.31 Å². The number of fused-ring (bicyclic) bond motifs is 1. The maximum atomic E-state index is 13.1. The predicted octanol–water partition coefficient (Wildman–Crippen LogP) is 4.07. The van der Waals surface area contributed by atoms with E-state index in [1.165, 1.54) is 12.1 Å². The Morgan fingerprint density at radius 3 is 2.48 bits per heavy atom. The maximum absolute atomic E-state index is 13.1. The van der Waals surface area contributed by atoms with Crippen molar-refractivity contribution in [2.45, 2.75) is 10.8 Å². The standard InChI is InChI=1S/C20H22FN3O2S3/c21-16-6-8-17(9-7-16)23-10-12-24(13-11-23)29(25,26)15-3-14-27-20-22-18-4-1-2-5-19(18)28-20/h1-2,4-9H,3,10-15H2. The third-order valence-electron chi connectivity index (χ3n) is 4.87. The van der Waals surface area contributed by atoms with Crippen molar-refractivity contribution in [3.05, 3.63) is 54.3 Å². The lowest BCUT2D eigenvalue weighted by Crippen LogP contribution is -2.49. The first-order valence-corrected chi connectivity index (χ1v) is 12.9. The second kappa shape index (κ2) is 8.99. The van der Waals surface area contributed by atoms with E-state index in [-0.39, 0.29) is 11.6 Å². The molecule has 29 heavy (non-hydrogen) atoms. The largest absolute Gasteiger partial charge is 0.369 e. The molecular formula is C20H22FN3O2S3. The topological polar surface area (TPSA) is 53.5 Å². The lowest BCUT2D eigenvalue weighted by molar-refractivity contribution is 0.384. The van der Waals surface area contributed by atoms with Gasteiger partial charge in [0.2, 0.25) is 10.0 Å². The van der Waals surface area contributed by atoms with E-state index in [2.05, 4.69) is 9.88 Å². The highest BCUT2D eigenvalue weighted by molar-refractivity contribution is 8.01. The van der Waals surface area contributed by atoms with Crippen LogP contribution in [-0.2, 0) is 10.0 Å². The molecule has 9 heteroatoms. The molecular weight excluding hydrogens is 429 g/mol. The molecule has 2 aromatic carbocycles. The van der Waals surface area contributed by atoms with Crippen LogP contribution in [0.1, 0.15) is 6.42 Å². The zero-order chi connectivity index (χ0) is 20.3. The third kappa shape index (κ3) is 5.09. The Bertz CT molecular complexity index is 1030. The van der Waals surface area contributed by atoms with Crippen LogP contribution in [0, 0.1) is 5.82 Å². The zero-order valence-corrected chi connectivity index (χ0v) is 18.3. The van der Waals surface area contributed by atoms with Gasteiger partial charge in [0.15, 0.2) is 4.34 Å². The van der Waals surface area contributed by atoms with Crippen molar-refractivity contribution in [1.29, 1.82) is 0 Å². The van der Waals surface area contributed by atoms with Gasteiger partial charge in [0.05, 0.1) is 16.0 Å². The molecule has 2 heterocycles. The van der Waals surface area contributed by atoms with Crippen molar-refractivity contribution in [3.63, 3.8) is 0 Å². The molecule has 1 aliphatic rings. The van der Waals surface area contributed by atoms with Crippen LogP contribution in [0.15, 0.2) is 52.9 Å². The summed E-state index contributed by atoms with van der Waals surface area (Å²) in [6.45, 7) is 2.16. The van der Waals surface area contributed by atoms with E-state index >= 15 is 0 Å². The van der Waals surface area contributed by atoms with Crippen molar-refractivity contribution >= 4 is 49.0 Å². The van der Waals surface area contributed by atoms with Gasteiger partial charge in [0.25, 0.3) is 0 Å². The number of thioether (sulfide) groups is 1. The monoisotopic (exact) mass is 451 g/mol. The van der Waals surface area contributed by atoms with Crippen LogP contribution in [0.2, 0.25) is 0 Å². The number of thiazole rings is 1. The van der Waals surface area contributed by atoms with Crippen molar-refractivity contribution < 1.29 is 12.8 Å². The van der Waals surface area contributed by atoms with E-state index in [1.807, 2.05) is 24.3 Å². The zero-order valence-electron chi connectivity index (χ0n) is 15.8. The first kappa shape index (κ1) is 20.6. The Kier molecular flexibility index (Phi) is 6.38. The Morgan fingerprint density at radius 1 is 1.03 bits per heavy atom. The number of hydrogen-bond donors (Lipinski definition) is 0. The van der Waals surface area contributed by atoms with E-state index < -0.39 is 10.0 Å². The van der Waals surface area contributed by atoms with E-state index in [4.69, 9.17) is 0 Å². The molecule has 0 atom stereocenters. The Balaban J connectivity index is 1.24. The van der Waals surface area contributed by atoms with Gasteiger partial charge in [-0.05, 0) is 42.8 Å². The Morgan fingerprint density at radius 2 is 1.76 bits per heavy atom. The molecule has 0 spiro atoms. The van der Waals surface area contributed by atoms with Gasteiger partial charge in [0, 0.05) is 37.6 Å². The van der Waals surface area contributed by atoms with Gasteiger partial charge in [-0.3, -0.25) is 0 Å². The summed E-state index contributed by atoms with van der Waals surface area (Å²) >= 11 is 3.26. The highest BCUT2D eigenvalue weighted by atomic mass is 32.2. The normalized spacial score (nSPS) is 15.8. The van der Waals surface area contributed by atoms with Crippen molar-refractivity contribution in [2.24, 2.45) is 0 Å². The van der Waals surface area contributed by atoms with Crippen molar-refractivity contribution in [1.82, 2.24) is 9.29 Å². The summed E-state index contributed by atoms with van der Waals surface area (Å²) < 4.78 is 42.1. The molecule has 4 rings (SSSR count). The number of benzene rings is 2. The summed E-state index contributed by atoms with van der Waals surface area (Å²) in [4.78, 5) is 6.66. The van der Waals surface area contributed by atoms with Gasteiger partial charge in [-0.25, -0.2) is 17.8 Å². The molecule has 0 aliphatic carbocycles. The number of para-hydroxylation sites is 1. The fraction of sp³-hybridized carbons (Fsp3) is 0.350. The molecule has 5 nitrogen and oxygen atoms in total. The second-order valence-corrected chi connectivity index (χ2v) is 11.3. The number of rotatable bonds is 7. The van der Waals surface area contributed by atoms with Gasteiger partial charge in [0.1, 0.15) is 5.82 Å². The maximum Gasteiger partial charge on any atom is 0.214 e. The molecule has 1 fully saturated rings. The van der Waals surface area contributed by atoms with Crippen molar-refractivity contribution in [2.75, 3.05) is 42.6 Å². The number of halogens is 1.